The van der Waals surface area contributed by atoms with Gasteiger partial charge in [-0.3, -0.25) is 9.10 Å². The highest BCUT2D eigenvalue weighted by molar-refractivity contribution is 7.92. The van der Waals surface area contributed by atoms with Gasteiger partial charge < -0.3 is 10.1 Å². The number of benzene rings is 3. The lowest BCUT2D eigenvalue weighted by molar-refractivity contribution is -0.122. The van der Waals surface area contributed by atoms with E-state index < -0.39 is 22.0 Å². The molecule has 0 aliphatic carbocycles. The van der Waals surface area contributed by atoms with Gasteiger partial charge in [0.05, 0.1) is 17.1 Å². The number of hydrogen-bond donors (Lipinski definition) is 1. The number of anilines is 2. The summed E-state index contributed by atoms with van der Waals surface area (Å²) in [5.41, 5.74) is 1.96. The fourth-order valence-electron chi connectivity index (χ4n) is 3.17. The molecule has 0 saturated carbocycles. The lowest BCUT2D eigenvalue weighted by Gasteiger charge is -2.34. The first-order valence-corrected chi connectivity index (χ1v) is 11.1. The molecule has 0 aromatic heterocycles. The molecule has 1 aliphatic heterocycles. The largest absolute Gasteiger partial charge is 0.476 e. The lowest BCUT2D eigenvalue weighted by Crippen LogP contribution is -2.48. The van der Waals surface area contributed by atoms with Gasteiger partial charge >= 0.3 is 0 Å². The molecular weight excluding hydrogens is 424 g/mol. The van der Waals surface area contributed by atoms with Crippen LogP contribution >= 0.6 is 11.6 Å². The Balaban J connectivity index is 1.68. The van der Waals surface area contributed by atoms with Crippen molar-refractivity contribution < 1.29 is 17.9 Å². The van der Waals surface area contributed by atoms with Crippen molar-refractivity contribution in [1.29, 1.82) is 0 Å². The maximum absolute atomic E-state index is 13.3. The van der Waals surface area contributed by atoms with Crippen LogP contribution < -0.4 is 14.4 Å². The van der Waals surface area contributed by atoms with E-state index in [2.05, 4.69) is 5.32 Å². The Bertz CT molecular complexity index is 1180. The van der Waals surface area contributed by atoms with Crippen molar-refractivity contribution in [3.8, 4) is 5.75 Å². The monoisotopic (exact) mass is 442 g/mol. The van der Waals surface area contributed by atoms with E-state index in [4.69, 9.17) is 16.3 Å². The van der Waals surface area contributed by atoms with Crippen molar-refractivity contribution in [2.24, 2.45) is 0 Å². The third kappa shape index (κ3) is 3.99. The number of fused-ring (bicyclic) bond motifs is 1. The van der Waals surface area contributed by atoms with Crippen molar-refractivity contribution in [2.45, 2.75) is 17.9 Å². The molecule has 30 heavy (non-hydrogen) atoms. The van der Waals surface area contributed by atoms with E-state index in [1.807, 2.05) is 19.1 Å². The summed E-state index contributed by atoms with van der Waals surface area (Å²) in [4.78, 5) is 13.0. The Labute approximate surface area is 180 Å². The molecule has 3 aromatic rings. The Morgan fingerprint density at radius 2 is 1.77 bits per heavy atom. The van der Waals surface area contributed by atoms with Crippen molar-refractivity contribution in [2.75, 3.05) is 16.2 Å². The number of halogens is 1. The summed E-state index contributed by atoms with van der Waals surface area (Å²) in [5, 5.41) is 3.15. The van der Waals surface area contributed by atoms with Crippen LogP contribution in [-0.4, -0.2) is 27.0 Å². The van der Waals surface area contributed by atoms with Crippen LogP contribution in [0.25, 0.3) is 0 Å². The number of sulfonamides is 1. The van der Waals surface area contributed by atoms with Gasteiger partial charge in [-0.25, -0.2) is 8.42 Å². The Kier molecular flexibility index (Phi) is 5.40. The molecule has 3 aromatic carbocycles. The van der Waals surface area contributed by atoms with Crippen LogP contribution in [0.15, 0.2) is 77.7 Å². The smallest absolute Gasteiger partial charge is 0.267 e. The summed E-state index contributed by atoms with van der Waals surface area (Å²) in [6.45, 7) is 1.77. The van der Waals surface area contributed by atoms with Crippen LogP contribution in [0.3, 0.4) is 0 Å². The minimum atomic E-state index is -3.92. The molecule has 1 amide bonds. The van der Waals surface area contributed by atoms with Crippen LogP contribution in [0.1, 0.15) is 5.56 Å². The van der Waals surface area contributed by atoms with E-state index in [-0.39, 0.29) is 17.2 Å². The molecule has 0 fully saturated rings. The van der Waals surface area contributed by atoms with E-state index in [1.165, 1.54) is 22.5 Å². The summed E-state index contributed by atoms with van der Waals surface area (Å²) in [6.07, 6.45) is -1.03. The van der Waals surface area contributed by atoms with E-state index in [9.17, 15) is 13.2 Å². The zero-order chi connectivity index (χ0) is 21.3. The van der Waals surface area contributed by atoms with Gasteiger partial charge in [0.25, 0.3) is 15.9 Å². The maximum Gasteiger partial charge on any atom is 0.267 e. The summed E-state index contributed by atoms with van der Waals surface area (Å²) < 4.78 is 33.6. The van der Waals surface area contributed by atoms with Crippen molar-refractivity contribution in [3.05, 3.63) is 83.4 Å². The van der Waals surface area contributed by atoms with E-state index in [1.54, 1.807) is 42.5 Å². The minimum absolute atomic E-state index is 0.121. The fourth-order valence-corrected chi connectivity index (χ4v) is 4.82. The molecule has 6 nitrogen and oxygen atoms in total. The molecule has 1 aliphatic rings. The molecule has 4 rings (SSSR count). The second kappa shape index (κ2) is 8.01. The zero-order valence-corrected chi connectivity index (χ0v) is 17.7. The fraction of sp³-hybridized carbons (Fsp3) is 0.136. The number of aryl methyl sites for hydroxylation is 1. The SMILES string of the molecule is Cc1ccc(NC(=O)[C@H]2CN(S(=O)(=O)c3ccccc3)c3cc(Cl)ccc3O2)cc1. The Morgan fingerprint density at radius 3 is 2.47 bits per heavy atom. The zero-order valence-electron chi connectivity index (χ0n) is 16.1. The number of nitrogens with one attached hydrogen (secondary N) is 1. The number of carbonyl (C=O) groups is 1. The van der Waals surface area contributed by atoms with Gasteiger partial charge in [0, 0.05) is 10.7 Å². The molecule has 1 N–H and O–H groups in total. The highest BCUT2D eigenvalue weighted by Crippen LogP contribution is 2.39. The van der Waals surface area contributed by atoms with Crippen molar-refractivity contribution in [1.82, 2.24) is 0 Å². The lowest BCUT2D eigenvalue weighted by atomic mass is 10.2. The third-order valence-electron chi connectivity index (χ3n) is 4.73. The van der Waals surface area contributed by atoms with Gasteiger partial charge in [0.15, 0.2) is 6.10 Å². The Hall–Kier alpha value is -3.03. The molecule has 1 atom stereocenters. The Morgan fingerprint density at radius 1 is 1.07 bits per heavy atom. The van der Waals surface area contributed by atoms with Gasteiger partial charge in [-0.05, 0) is 49.4 Å². The summed E-state index contributed by atoms with van der Waals surface area (Å²) in [7, 11) is -3.92. The predicted octanol–water partition coefficient (Wildman–Crippen LogP) is 4.24. The number of amides is 1. The third-order valence-corrected chi connectivity index (χ3v) is 6.76. The van der Waals surface area contributed by atoms with E-state index >= 15 is 0 Å². The van der Waals surface area contributed by atoms with Gasteiger partial charge in [-0.2, -0.15) is 0 Å². The molecule has 154 valence electrons. The first-order valence-electron chi connectivity index (χ1n) is 9.26. The average molecular weight is 443 g/mol. The first kappa shape index (κ1) is 20.3. The molecule has 1 heterocycles. The standard InChI is InChI=1S/C22H19ClN2O4S/c1-15-7-10-17(11-8-15)24-22(26)21-14-25(19-13-16(23)9-12-20(19)29-21)30(27,28)18-5-3-2-4-6-18/h2-13,21H,14H2,1H3,(H,24,26)/t21-/m1/s1. The van der Waals surface area contributed by atoms with Crippen molar-refractivity contribution in [3.63, 3.8) is 0 Å². The number of nitrogens with zero attached hydrogens (tertiary/aromatic N) is 1. The molecule has 0 bridgehead atoms. The van der Waals surface area contributed by atoms with Crippen molar-refractivity contribution >= 4 is 38.9 Å². The minimum Gasteiger partial charge on any atom is -0.476 e. The maximum atomic E-state index is 13.3. The second-order valence-corrected chi connectivity index (χ2v) is 9.22. The molecule has 0 unspecified atom stereocenters. The van der Waals surface area contributed by atoms with Crippen LogP contribution in [0.5, 0.6) is 5.75 Å². The molecule has 0 radical (unpaired) electrons. The summed E-state index contributed by atoms with van der Waals surface area (Å²) in [6, 6.07) is 20.0. The van der Waals surface area contributed by atoms with Crippen LogP contribution in [0.2, 0.25) is 5.02 Å². The van der Waals surface area contributed by atoms with Crippen LogP contribution in [-0.2, 0) is 14.8 Å². The van der Waals surface area contributed by atoms with Gasteiger partial charge in [0.1, 0.15) is 5.75 Å². The predicted molar refractivity (Wildman–Crippen MR) is 117 cm³/mol. The molecular formula is C22H19ClN2O4S. The number of rotatable bonds is 4. The van der Waals surface area contributed by atoms with E-state index in [0.29, 0.717) is 16.4 Å². The highest BCUT2D eigenvalue weighted by Gasteiger charge is 2.37. The average Bonchev–Trinajstić information content (AvgIpc) is 2.75. The summed E-state index contributed by atoms with van der Waals surface area (Å²) >= 11 is 6.10. The van der Waals surface area contributed by atoms with Crippen LogP contribution in [0.4, 0.5) is 11.4 Å². The highest BCUT2D eigenvalue weighted by atomic mass is 35.5. The summed E-state index contributed by atoms with van der Waals surface area (Å²) in [5.74, 6) is -0.165. The molecule has 0 saturated heterocycles. The second-order valence-electron chi connectivity index (χ2n) is 6.92. The molecule has 0 spiro atoms. The quantitative estimate of drug-likeness (QED) is 0.655. The topological polar surface area (TPSA) is 75.7 Å². The van der Waals surface area contributed by atoms with Crippen LogP contribution in [0, 0.1) is 6.92 Å². The van der Waals surface area contributed by atoms with Gasteiger partial charge in [0.2, 0.25) is 0 Å². The number of carbonyl (C=O) groups excluding carboxylic acids is 1. The normalized spacial score (nSPS) is 15.8. The first-order chi connectivity index (χ1) is 14.3. The number of hydrogen-bond acceptors (Lipinski definition) is 4. The van der Waals surface area contributed by atoms with Gasteiger partial charge in [-0.1, -0.05) is 47.5 Å². The van der Waals surface area contributed by atoms with Gasteiger partial charge in [-0.15, -0.1) is 0 Å². The number of ether oxygens (including phenoxy) is 1. The van der Waals surface area contributed by atoms with E-state index in [0.717, 1.165) is 5.56 Å². The molecule has 8 heteroatoms.